The topological polar surface area (TPSA) is 88.2 Å². The van der Waals surface area contributed by atoms with Crippen LogP contribution in [0.2, 0.25) is 0 Å². The number of sulfone groups is 1. The van der Waals surface area contributed by atoms with E-state index in [1.54, 1.807) is 31.3 Å². The van der Waals surface area contributed by atoms with Crippen LogP contribution in [0.1, 0.15) is 6.92 Å². The van der Waals surface area contributed by atoms with Crippen LogP contribution >= 0.6 is 0 Å². The second-order valence-corrected chi connectivity index (χ2v) is 10.1. The Morgan fingerprint density at radius 3 is 2.09 bits per heavy atom. The molecule has 0 N–H and O–H groups in total. The Morgan fingerprint density at radius 2 is 1.49 bits per heavy atom. The van der Waals surface area contributed by atoms with Gasteiger partial charge in [0.1, 0.15) is 11.5 Å². The normalized spacial score (nSPS) is 16.5. The quantitative estimate of drug-likeness (QED) is 0.379. The summed E-state index contributed by atoms with van der Waals surface area (Å²) in [4.78, 5) is 8.95. The number of hydrogen-bond acceptors (Lipinski definition) is 6. The summed E-state index contributed by atoms with van der Waals surface area (Å²) in [5.41, 5.74) is 1.00. The number of halogens is 4. The summed E-state index contributed by atoms with van der Waals surface area (Å²) in [6, 6.07) is 11.0. The van der Waals surface area contributed by atoms with Crippen LogP contribution in [-0.4, -0.2) is 45.5 Å². The molecule has 184 valence electrons. The molecule has 1 aliphatic rings. The molecule has 0 fully saturated rings. The van der Waals surface area contributed by atoms with Crippen molar-refractivity contribution in [3.8, 4) is 34.4 Å². The predicted molar refractivity (Wildman–Crippen MR) is 117 cm³/mol. The Labute approximate surface area is 196 Å². The number of alkyl halides is 4. The molecule has 0 spiro atoms. The first-order valence-corrected chi connectivity index (χ1v) is 12.0. The van der Waals surface area contributed by atoms with Crippen LogP contribution < -0.4 is 9.47 Å². The van der Waals surface area contributed by atoms with Gasteiger partial charge in [0.2, 0.25) is 0 Å². The van der Waals surface area contributed by atoms with Crippen LogP contribution in [0.3, 0.4) is 0 Å². The van der Waals surface area contributed by atoms with Crippen molar-refractivity contribution < 1.29 is 35.5 Å². The average Bonchev–Trinajstić information content (AvgIpc) is 3.30. The number of fused-ring (bicyclic) bond motifs is 2. The first-order valence-electron chi connectivity index (χ1n) is 10.4. The zero-order chi connectivity index (χ0) is 25.3. The van der Waals surface area contributed by atoms with Gasteiger partial charge in [0.15, 0.2) is 32.2 Å². The molecule has 0 amide bonds. The minimum atomic E-state index is -4.88. The molecule has 2 aromatic heterocycles. The van der Waals surface area contributed by atoms with Crippen LogP contribution in [0.25, 0.3) is 33.9 Å². The summed E-state index contributed by atoms with van der Waals surface area (Å²) in [5, 5.41) is -0.0902. The minimum absolute atomic E-state index is 0.0300. The lowest BCUT2D eigenvalue weighted by Crippen LogP contribution is -2.52. The molecule has 0 radical (unpaired) electrons. The first kappa shape index (κ1) is 23.1. The number of imidazole rings is 2. The zero-order valence-corrected chi connectivity index (χ0v) is 19.4. The Hall–Kier alpha value is -3.61. The summed E-state index contributed by atoms with van der Waals surface area (Å²) in [7, 11) is -0.711. The van der Waals surface area contributed by atoms with Gasteiger partial charge in [0.05, 0.1) is 16.8 Å². The maximum Gasteiger partial charge on any atom is 0.507 e. The maximum absolute atomic E-state index is 13.7. The van der Waals surface area contributed by atoms with Crippen molar-refractivity contribution in [3.63, 3.8) is 0 Å². The molecule has 5 rings (SSSR count). The number of aromatic nitrogens is 4. The monoisotopic (exact) mass is 510 g/mol. The summed E-state index contributed by atoms with van der Waals surface area (Å²) in [6.07, 6.45) is -9.75. The molecule has 8 nitrogen and oxygen atoms in total. The van der Waals surface area contributed by atoms with Crippen molar-refractivity contribution in [1.29, 1.82) is 0 Å². The lowest BCUT2D eigenvalue weighted by atomic mass is 10.2. The molecule has 35 heavy (non-hydrogen) atoms. The summed E-state index contributed by atoms with van der Waals surface area (Å²) in [5.74, 6) is -0.978. The van der Waals surface area contributed by atoms with Gasteiger partial charge in [-0.05, 0) is 0 Å². The van der Waals surface area contributed by atoms with Gasteiger partial charge >= 0.3 is 12.2 Å². The molecule has 1 aliphatic heterocycles. The number of nitrogens with zero attached hydrogens (tertiary/aromatic N) is 4. The molecular formula is C22H18F4N4O4S. The van der Waals surface area contributed by atoms with Crippen molar-refractivity contribution in [2.24, 2.45) is 14.1 Å². The van der Waals surface area contributed by atoms with Gasteiger partial charge in [-0.3, -0.25) is 0 Å². The molecule has 0 saturated carbocycles. The molecule has 13 heteroatoms. The van der Waals surface area contributed by atoms with E-state index in [1.807, 2.05) is 6.07 Å². The fourth-order valence-electron chi connectivity index (χ4n) is 3.93. The zero-order valence-electron chi connectivity index (χ0n) is 18.6. The van der Waals surface area contributed by atoms with Gasteiger partial charge in [-0.25, -0.2) is 18.4 Å². The number of hydrogen-bond donors (Lipinski definition) is 0. The smallest absolute Gasteiger partial charge is 0.421 e. The van der Waals surface area contributed by atoms with Crippen molar-refractivity contribution in [2.75, 3.05) is 5.75 Å². The lowest BCUT2D eigenvalue weighted by Gasteiger charge is -2.31. The Bertz CT molecular complexity index is 1580. The van der Waals surface area contributed by atoms with Crippen molar-refractivity contribution in [1.82, 2.24) is 19.1 Å². The summed E-state index contributed by atoms with van der Waals surface area (Å²) >= 11 is 0. The fraction of sp³-hybridized carbons (Fsp3) is 0.273. The van der Waals surface area contributed by atoms with Gasteiger partial charge in [0, 0.05) is 31.8 Å². The lowest BCUT2D eigenvalue weighted by molar-refractivity contribution is -0.391. The second-order valence-electron chi connectivity index (χ2n) is 7.94. The van der Waals surface area contributed by atoms with E-state index in [2.05, 4.69) is 19.4 Å². The Kier molecular flexibility index (Phi) is 4.92. The molecule has 0 atom stereocenters. The van der Waals surface area contributed by atoms with Gasteiger partial charge in [-0.1, -0.05) is 37.3 Å². The molecule has 0 unspecified atom stereocenters. The third-order valence-electron chi connectivity index (χ3n) is 5.72. The SMILES string of the molecule is CCS(=O)(=O)c1c(-c2nc3cc4c(cc3n2C)OC(F)(F)C(F)(F)O4)nc(-c2ccccc2)n1C. The molecule has 4 aromatic rings. The molecule has 0 aliphatic carbocycles. The number of rotatable bonds is 4. The van der Waals surface area contributed by atoms with Gasteiger partial charge in [0.25, 0.3) is 0 Å². The van der Waals surface area contributed by atoms with Crippen molar-refractivity contribution in [3.05, 3.63) is 42.5 Å². The largest absolute Gasteiger partial charge is 0.507 e. The summed E-state index contributed by atoms with van der Waals surface area (Å²) in [6.45, 7) is 1.49. The van der Waals surface area contributed by atoms with Crippen LogP contribution in [0, 0.1) is 0 Å². The molecule has 2 aromatic carbocycles. The van der Waals surface area contributed by atoms with Gasteiger partial charge in [-0.2, -0.15) is 17.6 Å². The first-order chi connectivity index (χ1) is 16.4. The Balaban J connectivity index is 1.75. The third-order valence-corrected chi connectivity index (χ3v) is 7.54. The van der Waals surface area contributed by atoms with Gasteiger partial charge in [-0.15, -0.1) is 0 Å². The number of aryl methyl sites for hydroxylation is 1. The molecule has 0 bridgehead atoms. The van der Waals surface area contributed by atoms with Gasteiger partial charge < -0.3 is 18.6 Å². The minimum Gasteiger partial charge on any atom is -0.421 e. The van der Waals surface area contributed by atoms with E-state index in [1.165, 1.54) is 23.1 Å². The molecule has 0 saturated heterocycles. The second kappa shape index (κ2) is 7.44. The van der Waals surface area contributed by atoms with E-state index in [4.69, 9.17) is 0 Å². The standard InChI is InChI=1S/C22H18F4N4O4S/c1-4-35(31,32)20-17(28-18(30(20)3)12-8-6-5-7-9-12)19-27-13-10-15-16(11-14(13)29(19)2)34-22(25,26)21(23,24)33-15/h5-11H,4H2,1-3H3. The van der Waals surface area contributed by atoms with E-state index in [9.17, 15) is 26.0 Å². The van der Waals surface area contributed by atoms with Crippen LogP contribution in [0.15, 0.2) is 47.5 Å². The van der Waals surface area contributed by atoms with Crippen LogP contribution in [0.5, 0.6) is 11.5 Å². The van der Waals surface area contributed by atoms with Crippen molar-refractivity contribution in [2.45, 2.75) is 24.2 Å². The Morgan fingerprint density at radius 1 is 0.886 bits per heavy atom. The van der Waals surface area contributed by atoms with E-state index >= 15 is 0 Å². The highest BCUT2D eigenvalue weighted by Gasteiger charge is 2.66. The number of benzene rings is 2. The van der Waals surface area contributed by atoms with E-state index in [0.29, 0.717) is 11.4 Å². The number of ether oxygens (including phenoxy) is 2. The summed E-state index contributed by atoms with van der Waals surface area (Å²) < 4.78 is 92.0. The van der Waals surface area contributed by atoms with E-state index in [-0.39, 0.29) is 33.3 Å². The molecular weight excluding hydrogens is 492 g/mol. The maximum atomic E-state index is 13.7. The highest BCUT2D eigenvalue weighted by Crippen LogP contribution is 2.48. The van der Waals surface area contributed by atoms with Crippen LogP contribution in [-0.2, 0) is 23.9 Å². The fourth-order valence-corrected chi connectivity index (χ4v) is 5.14. The third kappa shape index (κ3) is 3.44. The van der Waals surface area contributed by atoms with Crippen molar-refractivity contribution >= 4 is 20.9 Å². The highest BCUT2D eigenvalue weighted by molar-refractivity contribution is 7.91. The molecule has 3 heterocycles. The van der Waals surface area contributed by atoms with E-state index < -0.39 is 33.6 Å². The van der Waals surface area contributed by atoms with Crippen LogP contribution in [0.4, 0.5) is 17.6 Å². The predicted octanol–water partition coefficient (Wildman–Crippen LogP) is 4.39. The average molecular weight is 510 g/mol. The van der Waals surface area contributed by atoms with E-state index in [0.717, 1.165) is 12.1 Å². The highest BCUT2D eigenvalue weighted by atomic mass is 32.2.